The van der Waals surface area contributed by atoms with Crippen molar-refractivity contribution in [1.82, 2.24) is 5.32 Å². The summed E-state index contributed by atoms with van der Waals surface area (Å²) in [7, 11) is 0. The van der Waals surface area contributed by atoms with E-state index in [0.717, 1.165) is 18.6 Å². The highest BCUT2D eigenvalue weighted by molar-refractivity contribution is 5.85. The third-order valence-corrected chi connectivity index (χ3v) is 4.95. The molecular weight excluding hydrogens is 335 g/mol. The number of amides is 1. The Balaban J connectivity index is 1.83. The van der Waals surface area contributed by atoms with E-state index in [2.05, 4.69) is 5.32 Å². The molecule has 2 rings (SSSR count). The average Bonchev–Trinajstić information content (AvgIpc) is 2.49. The first-order valence-electron chi connectivity index (χ1n) is 8.31. The maximum absolute atomic E-state index is 12.7. The fraction of sp³-hybridized carbons (Fsp3) is 0.556. The molecule has 1 fully saturated rings. The number of benzene rings is 1. The molecule has 0 aromatic heterocycles. The van der Waals surface area contributed by atoms with Crippen molar-refractivity contribution in [2.45, 2.75) is 51.1 Å². The van der Waals surface area contributed by atoms with Gasteiger partial charge in [-0.1, -0.05) is 31.5 Å². The van der Waals surface area contributed by atoms with Crippen molar-refractivity contribution in [3.05, 3.63) is 35.4 Å². The summed E-state index contributed by atoms with van der Waals surface area (Å²) in [5.74, 6) is -1.41. The van der Waals surface area contributed by atoms with Gasteiger partial charge in [0.25, 0.3) is 0 Å². The van der Waals surface area contributed by atoms with E-state index < -0.39 is 23.1 Å². The van der Waals surface area contributed by atoms with Gasteiger partial charge in [-0.15, -0.1) is 0 Å². The molecule has 1 aromatic rings. The van der Waals surface area contributed by atoms with Crippen LogP contribution in [0.25, 0.3) is 0 Å². The van der Waals surface area contributed by atoms with Crippen molar-refractivity contribution in [2.75, 3.05) is 6.54 Å². The molecule has 2 N–H and O–H groups in total. The van der Waals surface area contributed by atoms with Crippen molar-refractivity contribution in [3.8, 4) is 0 Å². The van der Waals surface area contributed by atoms with Crippen molar-refractivity contribution in [3.63, 3.8) is 0 Å². The summed E-state index contributed by atoms with van der Waals surface area (Å²) in [5, 5.41) is 11.9. The molecule has 0 heterocycles. The Bertz CT molecular complexity index is 639. The lowest BCUT2D eigenvalue weighted by molar-refractivity contribution is -0.157. The highest BCUT2D eigenvalue weighted by atomic mass is 19.4. The Morgan fingerprint density at radius 3 is 2.52 bits per heavy atom. The zero-order valence-corrected chi connectivity index (χ0v) is 14.0. The first kappa shape index (κ1) is 19.3. The lowest BCUT2D eigenvalue weighted by atomic mass is 9.66. The first-order chi connectivity index (χ1) is 11.6. The molecule has 1 unspecified atom stereocenters. The molecule has 4 nitrogen and oxygen atoms in total. The van der Waals surface area contributed by atoms with Gasteiger partial charge in [-0.2, -0.15) is 13.2 Å². The largest absolute Gasteiger partial charge is 0.481 e. The second kappa shape index (κ2) is 7.45. The van der Waals surface area contributed by atoms with Gasteiger partial charge in [0.1, 0.15) is 0 Å². The van der Waals surface area contributed by atoms with E-state index in [1.165, 1.54) is 6.07 Å². The van der Waals surface area contributed by atoms with Gasteiger partial charge in [0.05, 0.1) is 11.0 Å². The molecule has 1 aliphatic rings. The lowest BCUT2D eigenvalue weighted by Crippen LogP contribution is -2.42. The van der Waals surface area contributed by atoms with Crippen LogP contribution >= 0.6 is 0 Å². The van der Waals surface area contributed by atoms with E-state index in [4.69, 9.17) is 0 Å². The summed E-state index contributed by atoms with van der Waals surface area (Å²) in [6, 6.07) is 5.16. The number of nitrogens with one attached hydrogen (secondary N) is 1. The van der Waals surface area contributed by atoms with Crippen molar-refractivity contribution < 1.29 is 27.9 Å². The molecule has 0 spiro atoms. The number of carbonyl (C=O) groups is 2. The SMILES string of the molecule is CC(CCNC(=O)CC1(C(=O)O)CCC1)c1cccc(C(F)(F)F)c1. The van der Waals surface area contributed by atoms with E-state index in [1.54, 1.807) is 13.0 Å². The minimum absolute atomic E-state index is 0.0414. The molecule has 138 valence electrons. The van der Waals surface area contributed by atoms with Gasteiger partial charge in [-0.3, -0.25) is 9.59 Å². The van der Waals surface area contributed by atoms with E-state index in [1.807, 2.05) is 0 Å². The zero-order chi connectivity index (χ0) is 18.7. The molecule has 7 heteroatoms. The highest BCUT2D eigenvalue weighted by Gasteiger charge is 2.45. The van der Waals surface area contributed by atoms with Crippen LogP contribution in [-0.4, -0.2) is 23.5 Å². The molecule has 1 aliphatic carbocycles. The van der Waals surface area contributed by atoms with Crippen LogP contribution in [0.4, 0.5) is 13.2 Å². The van der Waals surface area contributed by atoms with Crippen LogP contribution in [0.1, 0.15) is 56.1 Å². The maximum atomic E-state index is 12.7. The van der Waals surface area contributed by atoms with Gasteiger partial charge >= 0.3 is 12.1 Å². The Labute approximate surface area is 144 Å². The molecule has 1 saturated carbocycles. The Morgan fingerprint density at radius 1 is 1.32 bits per heavy atom. The van der Waals surface area contributed by atoms with Gasteiger partial charge in [0, 0.05) is 13.0 Å². The van der Waals surface area contributed by atoms with E-state index in [9.17, 15) is 27.9 Å². The van der Waals surface area contributed by atoms with E-state index in [-0.39, 0.29) is 18.2 Å². The van der Waals surface area contributed by atoms with Crippen LogP contribution in [0, 0.1) is 5.41 Å². The molecule has 0 bridgehead atoms. The van der Waals surface area contributed by atoms with E-state index in [0.29, 0.717) is 31.4 Å². The number of carboxylic acid groups (broad SMARTS) is 1. The maximum Gasteiger partial charge on any atom is 0.416 e. The summed E-state index contributed by atoms with van der Waals surface area (Å²) < 4.78 is 38.2. The monoisotopic (exact) mass is 357 g/mol. The minimum Gasteiger partial charge on any atom is -0.481 e. The summed E-state index contributed by atoms with van der Waals surface area (Å²) in [5.41, 5.74) is -1.06. The molecule has 1 aromatic carbocycles. The third-order valence-electron chi connectivity index (χ3n) is 4.95. The van der Waals surface area contributed by atoms with Gasteiger partial charge in [-0.25, -0.2) is 0 Å². The number of carbonyl (C=O) groups excluding carboxylic acids is 1. The molecule has 25 heavy (non-hydrogen) atoms. The molecule has 0 aliphatic heterocycles. The normalized spacial score (nSPS) is 17.4. The predicted octanol–water partition coefficient (Wildman–Crippen LogP) is 3.96. The van der Waals surface area contributed by atoms with Gasteiger partial charge in [0.2, 0.25) is 5.91 Å². The van der Waals surface area contributed by atoms with Crippen LogP contribution in [0.15, 0.2) is 24.3 Å². The van der Waals surface area contributed by atoms with E-state index >= 15 is 0 Å². The van der Waals surface area contributed by atoms with Gasteiger partial charge in [-0.05, 0) is 36.8 Å². The third kappa shape index (κ3) is 4.74. The zero-order valence-electron chi connectivity index (χ0n) is 14.0. The van der Waals surface area contributed by atoms with Crippen LogP contribution < -0.4 is 5.32 Å². The average molecular weight is 357 g/mol. The first-order valence-corrected chi connectivity index (χ1v) is 8.31. The van der Waals surface area contributed by atoms with Crippen LogP contribution in [0.5, 0.6) is 0 Å². The van der Waals surface area contributed by atoms with Crippen LogP contribution in [0.2, 0.25) is 0 Å². The fourth-order valence-electron chi connectivity index (χ4n) is 3.06. The minimum atomic E-state index is -4.38. The van der Waals surface area contributed by atoms with Gasteiger partial charge < -0.3 is 10.4 Å². The van der Waals surface area contributed by atoms with Crippen molar-refractivity contribution >= 4 is 11.9 Å². The smallest absolute Gasteiger partial charge is 0.416 e. The van der Waals surface area contributed by atoms with Crippen LogP contribution in [-0.2, 0) is 15.8 Å². The Hall–Kier alpha value is -2.05. The number of rotatable bonds is 7. The van der Waals surface area contributed by atoms with Crippen LogP contribution in [0.3, 0.4) is 0 Å². The Morgan fingerprint density at radius 2 is 2.00 bits per heavy atom. The number of hydrogen-bond donors (Lipinski definition) is 2. The molecule has 1 atom stereocenters. The number of hydrogen-bond acceptors (Lipinski definition) is 2. The van der Waals surface area contributed by atoms with Crippen molar-refractivity contribution in [1.29, 1.82) is 0 Å². The Kier molecular flexibility index (Phi) is 5.75. The molecule has 1 amide bonds. The topological polar surface area (TPSA) is 66.4 Å². The van der Waals surface area contributed by atoms with Crippen molar-refractivity contribution in [2.24, 2.45) is 5.41 Å². The molecule has 0 saturated heterocycles. The summed E-state index contributed by atoms with van der Waals surface area (Å²) in [6.45, 7) is 2.10. The fourth-order valence-corrected chi connectivity index (χ4v) is 3.06. The predicted molar refractivity (Wildman–Crippen MR) is 86.0 cm³/mol. The second-order valence-electron chi connectivity index (χ2n) is 6.78. The summed E-state index contributed by atoms with van der Waals surface area (Å²) >= 11 is 0. The highest BCUT2D eigenvalue weighted by Crippen LogP contribution is 2.44. The number of aliphatic carboxylic acids is 1. The van der Waals surface area contributed by atoms with Gasteiger partial charge in [0.15, 0.2) is 0 Å². The number of alkyl halides is 3. The second-order valence-corrected chi connectivity index (χ2v) is 6.78. The lowest BCUT2D eigenvalue weighted by Gasteiger charge is -2.36. The summed E-state index contributed by atoms with van der Waals surface area (Å²) in [4.78, 5) is 23.2. The number of halogens is 3. The standard InChI is InChI=1S/C18H22F3NO3/c1-12(13-4-2-5-14(10-13)18(19,20)21)6-9-22-15(23)11-17(16(24)25)7-3-8-17/h2,4-5,10,12H,3,6-9,11H2,1H3,(H,22,23)(H,24,25). The molecular formula is C18H22F3NO3. The quantitative estimate of drug-likeness (QED) is 0.776. The summed E-state index contributed by atoms with van der Waals surface area (Å²) in [6.07, 6.45) is -2.11. The molecule has 0 radical (unpaired) electrons. The number of carboxylic acids is 1.